The summed E-state index contributed by atoms with van der Waals surface area (Å²) in [7, 11) is 0. The highest BCUT2D eigenvalue weighted by molar-refractivity contribution is 5.81. The molecule has 0 aliphatic heterocycles. The molecule has 0 unspecified atom stereocenters. The lowest BCUT2D eigenvalue weighted by Crippen LogP contribution is -2.42. The van der Waals surface area contributed by atoms with E-state index in [-0.39, 0.29) is 11.9 Å². The molecule has 1 amide bonds. The maximum atomic E-state index is 12.5. The van der Waals surface area contributed by atoms with Crippen LogP contribution in [0.5, 0.6) is 5.75 Å². The molecule has 0 aliphatic carbocycles. The zero-order chi connectivity index (χ0) is 17.4. The van der Waals surface area contributed by atoms with Crippen molar-refractivity contribution >= 4 is 5.91 Å². The summed E-state index contributed by atoms with van der Waals surface area (Å²) >= 11 is 0. The molecule has 0 spiro atoms. The van der Waals surface area contributed by atoms with Crippen molar-refractivity contribution < 1.29 is 9.53 Å². The number of carbonyl (C=O) groups excluding carboxylic acids is 1. The zero-order valence-corrected chi connectivity index (χ0v) is 14.8. The van der Waals surface area contributed by atoms with Crippen LogP contribution in [0, 0.1) is 6.92 Å². The number of hydrogen-bond donors (Lipinski definition) is 1. The monoisotopic (exact) mass is 325 g/mol. The lowest BCUT2D eigenvalue weighted by atomic mass is 10.1. The van der Waals surface area contributed by atoms with Crippen LogP contribution in [0.15, 0.2) is 54.6 Å². The summed E-state index contributed by atoms with van der Waals surface area (Å²) in [6.45, 7) is 6.00. The summed E-state index contributed by atoms with van der Waals surface area (Å²) in [5.41, 5.74) is 2.34. The topological polar surface area (TPSA) is 38.3 Å². The van der Waals surface area contributed by atoms with E-state index in [4.69, 9.17) is 4.74 Å². The summed E-state index contributed by atoms with van der Waals surface area (Å²) in [6.07, 6.45) is 2.06. The van der Waals surface area contributed by atoms with Gasteiger partial charge in [-0.05, 0) is 50.3 Å². The van der Waals surface area contributed by atoms with E-state index < -0.39 is 6.10 Å². The number of rotatable bonds is 8. The molecule has 0 bridgehead atoms. The Morgan fingerprint density at radius 1 is 1.08 bits per heavy atom. The predicted octanol–water partition coefficient (Wildman–Crippen LogP) is 4.29. The highest BCUT2D eigenvalue weighted by Gasteiger charge is 2.20. The van der Waals surface area contributed by atoms with E-state index in [1.807, 2.05) is 63.2 Å². The van der Waals surface area contributed by atoms with Crippen molar-refractivity contribution in [3.63, 3.8) is 0 Å². The van der Waals surface area contributed by atoms with E-state index in [9.17, 15) is 4.79 Å². The molecule has 3 nitrogen and oxygen atoms in total. The van der Waals surface area contributed by atoms with Gasteiger partial charge in [-0.2, -0.15) is 0 Å². The molecule has 3 heteroatoms. The van der Waals surface area contributed by atoms with Gasteiger partial charge in [0.15, 0.2) is 6.10 Å². The number of amides is 1. The molecule has 0 saturated heterocycles. The van der Waals surface area contributed by atoms with Crippen LogP contribution in [-0.2, 0) is 11.2 Å². The van der Waals surface area contributed by atoms with Crippen molar-refractivity contribution in [3.8, 4) is 5.75 Å². The fourth-order valence-electron chi connectivity index (χ4n) is 2.60. The van der Waals surface area contributed by atoms with Gasteiger partial charge in [0.25, 0.3) is 5.91 Å². The highest BCUT2D eigenvalue weighted by Crippen LogP contribution is 2.19. The second-order valence-electron chi connectivity index (χ2n) is 6.21. The van der Waals surface area contributed by atoms with Crippen molar-refractivity contribution in [2.75, 3.05) is 0 Å². The van der Waals surface area contributed by atoms with E-state index in [2.05, 4.69) is 17.4 Å². The van der Waals surface area contributed by atoms with Gasteiger partial charge in [-0.3, -0.25) is 4.79 Å². The van der Waals surface area contributed by atoms with E-state index in [1.165, 1.54) is 5.56 Å². The SMILES string of the molecule is CC[C@@H](Oc1ccccc1C)C(=O)N[C@H](C)CCc1ccccc1. The second kappa shape index (κ2) is 9.11. The summed E-state index contributed by atoms with van der Waals surface area (Å²) in [5, 5.41) is 3.08. The molecule has 2 atom stereocenters. The van der Waals surface area contributed by atoms with Gasteiger partial charge < -0.3 is 10.1 Å². The van der Waals surface area contributed by atoms with Gasteiger partial charge in [-0.25, -0.2) is 0 Å². The van der Waals surface area contributed by atoms with E-state index in [1.54, 1.807) is 0 Å². The maximum Gasteiger partial charge on any atom is 0.261 e. The van der Waals surface area contributed by atoms with Gasteiger partial charge in [-0.1, -0.05) is 55.5 Å². The van der Waals surface area contributed by atoms with Crippen molar-refractivity contribution in [3.05, 3.63) is 65.7 Å². The molecule has 0 aliphatic rings. The van der Waals surface area contributed by atoms with Crippen molar-refractivity contribution in [1.82, 2.24) is 5.32 Å². The molecule has 0 saturated carbocycles. The quantitative estimate of drug-likeness (QED) is 0.786. The number of para-hydroxylation sites is 1. The van der Waals surface area contributed by atoms with Crippen molar-refractivity contribution in [2.45, 2.75) is 52.2 Å². The van der Waals surface area contributed by atoms with Gasteiger partial charge in [0.1, 0.15) is 5.75 Å². The van der Waals surface area contributed by atoms with E-state index in [0.29, 0.717) is 6.42 Å². The molecular formula is C21H27NO2. The molecule has 0 fully saturated rings. The van der Waals surface area contributed by atoms with Crippen LogP contribution in [0.3, 0.4) is 0 Å². The summed E-state index contributed by atoms with van der Waals surface area (Å²) in [6, 6.07) is 18.2. The minimum Gasteiger partial charge on any atom is -0.480 e. The highest BCUT2D eigenvalue weighted by atomic mass is 16.5. The van der Waals surface area contributed by atoms with E-state index >= 15 is 0 Å². The minimum absolute atomic E-state index is 0.0404. The van der Waals surface area contributed by atoms with Gasteiger partial charge in [0, 0.05) is 6.04 Å². The normalized spacial score (nSPS) is 13.1. The standard InChI is InChI=1S/C21H27NO2/c1-4-19(24-20-13-9-8-10-16(20)2)21(23)22-17(3)14-15-18-11-6-5-7-12-18/h5-13,17,19H,4,14-15H2,1-3H3,(H,22,23)/t17-,19-/m1/s1. The average Bonchev–Trinajstić information content (AvgIpc) is 2.60. The summed E-state index contributed by atoms with van der Waals surface area (Å²) in [5.74, 6) is 0.734. The van der Waals surface area contributed by atoms with Crippen LogP contribution in [0.1, 0.15) is 37.8 Å². The molecule has 0 heterocycles. The molecule has 128 valence electrons. The first-order valence-electron chi connectivity index (χ1n) is 8.66. The van der Waals surface area contributed by atoms with E-state index in [0.717, 1.165) is 24.2 Å². The van der Waals surface area contributed by atoms with Crippen LogP contribution >= 0.6 is 0 Å². The van der Waals surface area contributed by atoms with Gasteiger partial charge >= 0.3 is 0 Å². The smallest absolute Gasteiger partial charge is 0.261 e. The molecule has 1 N–H and O–H groups in total. The molecular weight excluding hydrogens is 298 g/mol. The third-order valence-corrected chi connectivity index (χ3v) is 4.12. The number of aryl methyl sites for hydroxylation is 2. The number of ether oxygens (including phenoxy) is 1. The van der Waals surface area contributed by atoms with Crippen molar-refractivity contribution in [1.29, 1.82) is 0 Å². The molecule has 2 aromatic rings. The predicted molar refractivity (Wildman–Crippen MR) is 98.3 cm³/mol. The Morgan fingerprint density at radius 2 is 1.75 bits per heavy atom. The Bertz CT molecular complexity index is 639. The minimum atomic E-state index is -0.453. The number of carbonyl (C=O) groups is 1. The van der Waals surface area contributed by atoms with Crippen LogP contribution in [0.2, 0.25) is 0 Å². The first kappa shape index (κ1) is 18.1. The third-order valence-electron chi connectivity index (χ3n) is 4.12. The Balaban J connectivity index is 1.85. The number of nitrogens with one attached hydrogen (secondary N) is 1. The van der Waals surface area contributed by atoms with Gasteiger partial charge in [0.2, 0.25) is 0 Å². The first-order valence-corrected chi connectivity index (χ1v) is 8.66. The van der Waals surface area contributed by atoms with Crippen LogP contribution in [0.25, 0.3) is 0 Å². The molecule has 24 heavy (non-hydrogen) atoms. The lowest BCUT2D eigenvalue weighted by Gasteiger charge is -2.21. The Labute approximate surface area is 145 Å². The average molecular weight is 325 g/mol. The lowest BCUT2D eigenvalue weighted by molar-refractivity contribution is -0.128. The fraction of sp³-hybridized carbons (Fsp3) is 0.381. The Hall–Kier alpha value is -2.29. The molecule has 2 aromatic carbocycles. The van der Waals surface area contributed by atoms with Crippen LogP contribution < -0.4 is 10.1 Å². The Morgan fingerprint density at radius 3 is 2.42 bits per heavy atom. The fourth-order valence-corrected chi connectivity index (χ4v) is 2.60. The van der Waals surface area contributed by atoms with Crippen molar-refractivity contribution in [2.24, 2.45) is 0 Å². The Kier molecular flexibility index (Phi) is 6.86. The molecule has 0 radical (unpaired) electrons. The third kappa shape index (κ3) is 5.41. The zero-order valence-electron chi connectivity index (χ0n) is 14.8. The number of benzene rings is 2. The summed E-state index contributed by atoms with van der Waals surface area (Å²) in [4.78, 5) is 12.5. The van der Waals surface area contributed by atoms with Gasteiger partial charge in [-0.15, -0.1) is 0 Å². The van der Waals surface area contributed by atoms with Gasteiger partial charge in [0.05, 0.1) is 0 Å². The molecule has 0 aromatic heterocycles. The largest absolute Gasteiger partial charge is 0.480 e. The second-order valence-corrected chi connectivity index (χ2v) is 6.21. The molecule has 2 rings (SSSR count). The number of hydrogen-bond acceptors (Lipinski definition) is 2. The van der Waals surface area contributed by atoms with Crippen LogP contribution in [0.4, 0.5) is 0 Å². The summed E-state index contributed by atoms with van der Waals surface area (Å²) < 4.78 is 5.91. The maximum absolute atomic E-state index is 12.5. The first-order chi connectivity index (χ1) is 11.6. The van der Waals surface area contributed by atoms with Crippen LogP contribution in [-0.4, -0.2) is 18.1 Å².